The molecule has 2 aromatic carbocycles. The minimum absolute atomic E-state index is 0.00181. The van der Waals surface area contributed by atoms with Gasteiger partial charge in [0.1, 0.15) is 5.75 Å². The summed E-state index contributed by atoms with van der Waals surface area (Å²) in [4.78, 5) is 25.5. The number of methoxy groups -OCH3 is 1. The quantitative estimate of drug-likeness (QED) is 0.701. The number of amides is 2. The van der Waals surface area contributed by atoms with Crippen LogP contribution in [0.25, 0.3) is 0 Å². The standard InChI is InChI=1S/C20H24BrN3O3/c1-13(15-7-10-18(27-4)17(21)11-15)22-12-19(25)23-16-8-5-14(6-9-16)20(26)24(2)3/h5-11,13,22H,12H2,1-4H3,(H,23,25). The number of hydrogen-bond donors (Lipinski definition) is 2. The number of rotatable bonds is 7. The van der Waals surface area contributed by atoms with Gasteiger partial charge in [0.05, 0.1) is 18.1 Å². The van der Waals surface area contributed by atoms with Gasteiger partial charge in [-0.3, -0.25) is 9.59 Å². The SMILES string of the molecule is COc1ccc(C(C)NCC(=O)Nc2ccc(C(=O)N(C)C)cc2)cc1Br. The zero-order valence-electron chi connectivity index (χ0n) is 15.9. The molecule has 0 aromatic heterocycles. The summed E-state index contributed by atoms with van der Waals surface area (Å²) < 4.78 is 6.09. The van der Waals surface area contributed by atoms with E-state index in [1.807, 2.05) is 25.1 Å². The van der Waals surface area contributed by atoms with E-state index in [9.17, 15) is 9.59 Å². The molecule has 0 saturated heterocycles. The lowest BCUT2D eigenvalue weighted by Gasteiger charge is -2.16. The van der Waals surface area contributed by atoms with Crippen molar-refractivity contribution in [3.63, 3.8) is 0 Å². The van der Waals surface area contributed by atoms with E-state index in [1.54, 1.807) is 45.5 Å². The third-order valence-corrected chi connectivity index (χ3v) is 4.69. The van der Waals surface area contributed by atoms with E-state index >= 15 is 0 Å². The van der Waals surface area contributed by atoms with Crippen LogP contribution >= 0.6 is 15.9 Å². The van der Waals surface area contributed by atoms with E-state index in [2.05, 4.69) is 26.6 Å². The van der Waals surface area contributed by atoms with Gasteiger partial charge in [-0.2, -0.15) is 0 Å². The van der Waals surface area contributed by atoms with Crippen molar-refractivity contribution >= 4 is 33.4 Å². The van der Waals surface area contributed by atoms with Gasteiger partial charge in [-0.25, -0.2) is 0 Å². The Morgan fingerprint density at radius 3 is 2.37 bits per heavy atom. The Bertz CT molecular complexity index is 807. The maximum atomic E-state index is 12.2. The first-order valence-electron chi connectivity index (χ1n) is 8.50. The fraction of sp³-hybridized carbons (Fsp3) is 0.300. The number of nitrogens with zero attached hydrogens (tertiary/aromatic N) is 1. The number of ether oxygens (including phenoxy) is 1. The molecule has 2 N–H and O–H groups in total. The largest absolute Gasteiger partial charge is 0.496 e. The molecule has 0 heterocycles. The van der Waals surface area contributed by atoms with Gasteiger partial charge in [-0.1, -0.05) is 6.07 Å². The van der Waals surface area contributed by atoms with Gasteiger partial charge in [0.15, 0.2) is 0 Å². The highest BCUT2D eigenvalue weighted by molar-refractivity contribution is 9.10. The maximum absolute atomic E-state index is 12.2. The molecule has 0 fully saturated rings. The Labute approximate surface area is 168 Å². The molecule has 0 aliphatic heterocycles. The average molecular weight is 434 g/mol. The van der Waals surface area contributed by atoms with Crippen LogP contribution in [0.3, 0.4) is 0 Å². The molecule has 1 unspecified atom stereocenters. The van der Waals surface area contributed by atoms with Crippen molar-refractivity contribution in [3.05, 3.63) is 58.1 Å². The molecule has 0 bridgehead atoms. The van der Waals surface area contributed by atoms with Crippen LogP contribution in [0.2, 0.25) is 0 Å². The second-order valence-electron chi connectivity index (χ2n) is 6.32. The monoisotopic (exact) mass is 433 g/mol. The first-order chi connectivity index (χ1) is 12.8. The molecule has 0 saturated carbocycles. The number of nitrogens with one attached hydrogen (secondary N) is 2. The Kier molecular flexibility index (Phi) is 7.38. The molecule has 1 atom stereocenters. The van der Waals surface area contributed by atoms with Crippen LogP contribution in [0.4, 0.5) is 5.69 Å². The summed E-state index contributed by atoms with van der Waals surface area (Å²) >= 11 is 3.47. The summed E-state index contributed by atoms with van der Waals surface area (Å²) in [6, 6.07) is 12.6. The third kappa shape index (κ3) is 5.80. The fourth-order valence-corrected chi connectivity index (χ4v) is 3.03. The third-order valence-electron chi connectivity index (χ3n) is 4.07. The Hall–Kier alpha value is -2.38. The summed E-state index contributed by atoms with van der Waals surface area (Å²) in [5.74, 6) is 0.537. The van der Waals surface area contributed by atoms with E-state index in [-0.39, 0.29) is 24.4 Å². The molecule has 0 aliphatic carbocycles. The van der Waals surface area contributed by atoms with Crippen molar-refractivity contribution in [2.24, 2.45) is 0 Å². The van der Waals surface area contributed by atoms with E-state index in [0.29, 0.717) is 11.3 Å². The highest BCUT2D eigenvalue weighted by atomic mass is 79.9. The van der Waals surface area contributed by atoms with Gasteiger partial charge in [-0.15, -0.1) is 0 Å². The van der Waals surface area contributed by atoms with E-state index in [1.165, 1.54) is 4.90 Å². The molecular formula is C20H24BrN3O3. The molecule has 0 radical (unpaired) electrons. The van der Waals surface area contributed by atoms with E-state index in [0.717, 1.165) is 15.8 Å². The first-order valence-corrected chi connectivity index (χ1v) is 9.29. The molecule has 2 amide bonds. The number of hydrogen-bond acceptors (Lipinski definition) is 4. The number of carbonyl (C=O) groups excluding carboxylic acids is 2. The number of halogens is 1. The van der Waals surface area contributed by atoms with Gasteiger partial charge >= 0.3 is 0 Å². The molecular weight excluding hydrogens is 410 g/mol. The van der Waals surface area contributed by atoms with Crippen LogP contribution in [-0.4, -0.2) is 44.5 Å². The smallest absolute Gasteiger partial charge is 0.253 e. The van der Waals surface area contributed by atoms with Crippen molar-refractivity contribution in [1.82, 2.24) is 10.2 Å². The number of benzene rings is 2. The van der Waals surface area contributed by atoms with Gasteiger partial charge in [0.2, 0.25) is 5.91 Å². The lowest BCUT2D eigenvalue weighted by Crippen LogP contribution is -2.30. The van der Waals surface area contributed by atoms with Crippen molar-refractivity contribution in [1.29, 1.82) is 0 Å². The maximum Gasteiger partial charge on any atom is 0.253 e. The van der Waals surface area contributed by atoms with Crippen molar-refractivity contribution < 1.29 is 14.3 Å². The summed E-state index contributed by atoms with van der Waals surface area (Å²) in [6.07, 6.45) is 0. The molecule has 6 nitrogen and oxygen atoms in total. The van der Waals surface area contributed by atoms with Crippen molar-refractivity contribution in [3.8, 4) is 5.75 Å². The second kappa shape index (κ2) is 9.53. The molecule has 27 heavy (non-hydrogen) atoms. The Morgan fingerprint density at radius 2 is 1.81 bits per heavy atom. The Balaban J connectivity index is 1.88. The molecule has 0 spiro atoms. The molecule has 2 aromatic rings. The van der Waals surface area contributed by atoms with Crippen LogP contribution in [0.15, 0.2) is 46.9 Å². The second-order valence-corrected chi connectivity index (χ2v) is 7.18. The summed E-state index contributed by atoms with van der Waals surface area (Å²) in [6.45, 7) is 2.16. The molecule has 2 rings (SSSR count). The predicted molar refractivity (Wildman–Crippen MR) is 110 cm³/mol. The normalized spacial score (nSPS) is 11.6. The fourth-order valence-electron chi connectivity index (χ4n) is 2.48. The van der Waals surface area contributed by atoms with E-state index < -0.39 is 0 Å². The number of carbonyl (C=O) groups is 2. The molecule has 7 heteroatoms. The zero-order chi connectivity index (χ0) is 20.0. The van der Waals surface area contributed by atoms with Crippen LogP contribution in [0, 0.1) is 0 Å². The van der Waals surface area contributed by atoms with Crippen LogP contribution in [0.5, 0.6) is 5.75 Å². The predicted octanol–water partition coefficient (Wildman–Crippen LogP) is 3.45. The van der Waals surface area contributed by atoms with E-state index in [4.69, 9.17) is 4.74 Å². The summed E-state index contributed by atoms with van der Waals surface area (Å²) in [5, 5.41) is 6.01. The van der Waals surface area contributed by atoms with Gasteiger partial charge in [0.25, 0.3) is 5.91 Å². The average Bonchev–Trinajstić information content (AvgIpc) is 2.66. The number of anilines is 1. The minimum Gasteiger partial charge on any atom is -0.496 e. The van der Waals surface area contributed by atoms with Gasteiger partial charge < -0.3 is 20.3 Å². The first kappa shape index (κ1) is 20.9. The highest BCUT2D eigenvalue weighted by Crippen LogP contribution is 2.27. The van der Waals surface area contributed by atoms with Crippen molar-refractivity contribution in [2.75, 3.05) is 33.1 Å². The van der Waals surface area contributed by atoms with Gasteiger partial charge in [0, 0.05) is 31.4 Å². The summed E-state index contributed by atoms with van der Waals surface area (Å²) in [5.41, 5.74) is 2.27. The minimum atomic E-state index is -0.152. The molecule has 144 valence electrons. The highest BCUT2D eigenvalue weighted by Gasteiger charge is 2.11. The van der Waals surface area contributed by atoms with Crippen LogP contribution in [0.1, 0.15) is 28.9 Å². The lowest BCUT2D eigenvalue weighted by molar-refractivity contribution is -0.115. The molecule has 0 aliphatic rings. The van der Waals surface area contributed by atoms with Crippen LogP contribution < -0.4 is 15.4 Å². The van der Waals surface area contributed by atoms with Gasteiger partial charge in [-0.05, 0) is 64.8 Å². The Morgan fingerprint density at radius 1 is 1.15 bits per heavy atom. The topological polar surface area (TPSA) is 70.7 Å². The summed E-state index contributed by atoms with van der Waals surface area (Å²) in [7, 11) is 5.02. The lowest BCUT2D eigenvalue weighted by atomic mass is 10.1. The van der Waals surface area contributed by atoms with Crippen molar-refractivity contribution in [2.45, 2.75) is 13.0 Å². The van der Waals surface area contributed by atoms with Crippen LogP contribution in [-0.2, 0) is 4.79 Å². The zero-order valence-corrected chi connectivity index (χ0v) is 17.5.